The van der Waals surface area contributed by atoms with Crippen molar-refractivity contribution in [3.05, 3.63) is 58.5 Å². The number of amides is 1. The number of imidazole rings is 1. The maximum atomic E-state index is 12.9. The summed E-state index contributed by atoms with van der Waals surface area (Å²) in [6.45, 7) is 0. The lowest BCUT2D eigenvalue weighted by atomic mass is 10.2. The van der Waals surface area contributed by atoms with Crippen molar-refractivity contribution in [3.8, 4) is 0 Å². The molecular weight excluding hydrogens is 263 g/mol. The highest BCUT2D eigenvalue weighted by Crippen LogP contribution is 2.15. The number of H-pyrrole nitrogens is 2. The Morgan fingerprint density at radius 3 is 2.75 bits per heavy atom. The molecule has 2 heterocycles. The fourth-order valence-electron chi connectivity index (χ4n) is 1.86. The minimum absolute atomic E-state index is 0.167. The van der Waals surface area contributed by atoms with Gasteiger partial charge in [0, 0.05) is 23.5 Å². The number of pyridine rings is 1. The molecule has 1 aromatic carbocycles. The van der Waals surface area contributed by atoms with Crippen LogP contribution in [0.25, 0.3) is 11.0 Å². The zero-order valence-electron chi connectivity index (χ0n) is 10.1. The second-order valence-corrected chi connectivity index (χ2v) is 4.16. The van der Waals surface area contributed by atoms with Crippen LogP contribution in [-0.4, -0.2) is 20.9 Å². The molecule has 20 heavy (non-hydrogen) atoms. The van der Waals surface area contributed by atoms with E-state index in [9.17, 15) is 14.0 Å². The van der Waals surface area contributed by atoms with E-state index in [0.29, 0.717) is 16.7 Å². The van der Waals surface area contributed by atoms with E-state index in [-0.39, 0.29) is 11.3 Å². The highest BCUT2D eigenvalue weighted by atomic mass is 19.1. The van der Waals surface area contributed by atoms with Crippen LogP contribution in [0.4, 0.5) is 10.1 Å². The number of hydrogen-bond donors (Lipinski definition) is 3. The molecule has 6 nitrogen and oxygen atoms in total. The molecule has 0 fully saturated rings. The SMILES string of the molecule is O=C(Nc1ccc2[nH]c(=O)[nH]c2c1)c1ccnc(F)c1. The van der Waals surface area contributed by atoms with E-state index in [4.69, 9.17) is 0 Å². The Morgan fingerprint density at radius 1 is 1.15 bits per heavy atom. The first-order valence-electron chi connectivity index (χ1n) is 5.77. The molecule has 100 valence electrons. The van der Waals surface area contributed by atoms with Gasteiger partial charge in [-0.25, -0.2) is 9.78 Å². The van der Waals surface area contributed by atoms with Crippen LogP contribution in [0.1, 0.15) is 10.4 Å². The van der Waals surface area contributed by atoms with Crippen molar-refractivity contribution in [1.82, 2.24) is 15.0 Å². The minimum atomic E-state index is -0.719. The van der Waals surface area contributed by atoms with Gasteiger partial charge in [0.15, 0.2) is 0 Å². The van der Waals surface area contributed by atoms with E-state index >= 15 is 0 Å². The zero-order chi connectivity index (χ0) is 14.1. The van der Waals surface area contributed by atoms with Gasteiger partial charge in [-0.1, -0.05) is 0 Å². The molecule has 3 rings (SSSR count). The number of nitrogens with one attached hydrogen (secondary N) is 3. The molecule has 0 spiro atoms. The molecule has 0 unspecified atom stereocenters. The molecule has 0 aliphatic heterocycles. The average molecular weight is 272 g/mol. The lowest BCUT2D eigenvalue weighted by molar-refractivity contribution is 0.102. The van der Waals surface area contributed by atoms with E-state index in [1.807, 2.05) is 0 Å². The topological polar surface area (TPSA) is 90.6 Å². The van der Waals surface area contributed by atoms with Crippen LogP contribution in [0.2, 0.25) is 0 Å². The number of nitrogens with zero attached hydrogens (tertiary/aromatic N) is 1. The van der Waals surface area contributed by atoms with E-state index in [2.05, 4.69) is 20.3 Å². The molecule has 7 heteroatoms. The van der Waals surface area contributed by atoms with Crippen LogP contribution in [0.3, 0.4) is 0 Å². The summed E-state index contributed by atoms with van der Waals surface area (Å²) in [6, 6.07) is 7.38. The Bertz CT molecular complexity index is 853. The van der Waals surface area contributed by atoms with Gasteiger partial charge in [-0.15, -0.1) is 0 Å². The summed E-state index contributed by atoms with van der Waals surface area (Å²) >= 11 is 0. The molecule has 3 aromatic rings. The van der Waals surface area contributed by atoms with Gasteiger partial charge < -0.3 is 15.3 Å². The predicted molar refractivity (Wildman–Crippen MR) is 71.1 cm³/mol. The highest BCUT2D eigenvalue weighted by molar-refractivity contribution is 6.04. The van der Waals surface area contributed by atoms with Crippen molar-refractivity contribution < 1.29 is 9.18 Å². The number of benzene rings is 1. The first kappa shape index (κ1) is 12.1. The van der Waals surface area contributed by atoms with Crippen molar-refractivity contribution in [2.45, 2.75) is 0 Å². The Kier molecular flexibility index (Phi) is 2.79. The average Bonchev–Trinajstić information content (AvgIpc) is 2.78. The fraction of sp³-hybridized carbons (Fsp3) is 0. The maximum absolute atomic E-state index is 12.9. The largest absolute Gasteiger partial charge is 0.323 e. The second kappa shape index (κ2) is 4.61. The Hall–Kier alpha value is -2.96. The van der Waals surface area contributed by atoms with Crippen LogP contribution in [0, 0.1) is 5.95 Å². The van der Waals surface area contributed by atoms with Gasteiger partial charge in [-0.2, -0.15) is 4.39 Å². The van der Waals surface area contributed by atoms with Gasteiger partial charge in [0.2, 0.25) is 5.95 Å². The lowest BCUT2D eigenvalue weighted by Crippen LogP contribution is -2.12. The van der Waals surface area contributed by atoms with Gasteiger partial charge in [-0.05, 0) is 24.3 Å². The molecule has 0 radical (unpaired) electrons. The maximum Gasteiger partial charge on any atom is 0.323 e. The third-order valence-corrected chi connectivity index (χ3v) is 2.76. The monoisotopic (exact) mass is 272 g/mol. The van der Waals surface area contributed by atoms with Crippen molar-refractivity contribution in [3.63, 3.8) is 0 Å². The van der Waals surface area contributed by atoms with E-state index in [1.54, 1.807) is 18.2 Å². The number of aromatic amines is 2. The number of halogens is 1. The van der Waals surface area contributed by atoms with Gasteiger partial charge in [-0.3, -0.25) is 4.79 Å². The van der Waals surface area contributed by atoms with Crippen molar-refractivity contribution in [2.24, 2.45) is 0 Å². The van der Waals surface area contributed by atoms with Crippen molar-refractivity contribution >= 4 is 22.6 Å². The minimum Gasteiger partial charge on any atom is -0.322 e. The third kappa shape index (κ3) is 2.28. The molecule has 0 bridgehead atoms. The molecule has 0 saturated carbocycles. The molecule has 0 aliphatic carbocycles. The summed E-state index contributed by atoms with van der Waals surface area (Å²) in [5, 5.41) is 2.62. The Balaban J connectivity index is 1.88. The van der Waals surface area contributed by atoms with E-state index in [0.717, 1.165) is 6.07 Å². The number of carbonyl (C=O) groups is 1. The van der Waals surface area contributed by atoms with E-state index in [1.165, 1.54) is 12.3 Å². The molecule has 0 atom stereocenters. The Labute approximate surface area is 111 Å². The summed E-state index contributed by atoms with van der Waals surface area (Å²) in [4.78, 5) is 31.6. The summed E-state index contributed by atoms with van der Waals surface area (Å²) in [7, 11) is 0. The van der Waals surface area contributed by atoms with Gasteiger partial charge in [0.05, 0.1) is 11.0 Å². The molecule has 1 amide bonds. The van der Waals surface area contributed by atoms with Crippen molar-refractivity contribution in [2.75, 3.05) is 5.32 Å². The molecule has 0 aliphatic rings. The third-order valence-electron chi connectivity index (χ3n) is 2.76. The number of rotatable bonds is 2. The number of carbonyl (C=O) groups excluding carboxylic acids is 1. The lowest BCUT2D eigenvalue weighted by Gasteiger charge is -2.05. The number of hydrogen-bond acceptors (Lipinski definition) is 3. The first-order chi connectivity index (χ1) is 9.61. The van der Waals surface area contributed by atoms with Gasteiger partial charge in [0.1, 0.15) is 0 Å². The normalized spacial score (nSPS) is 10.7. The van der Waals surface area contributed by atoms with Gasteiger partial charge >= 0.3 is 5.69 Å². The number of fused-ring (bicyclic) bond motifs is 1. The summed E-state index contributed by atoms with van der Waals surface area (Å²) < 4.78 is 12.9. The fourth-order valence-corrected chi connectivity index (χ4v) is 1.86. The Morgan fingerprint density at radius 2 is 1.95 bits per heavy atom. The highest BCUT2D eigenvalue weighted by Gasteiger charge is 2.08. The number of aromatic nitrogens is 3. The van der Waals surface area contributed by atoms with Crippen LogP contribution >= 0.6 is 0 Å². The summed E-state index contributed by atoms with van der Waals surface area (Å²) in [5.41, 5.74) is 1.56. The van der Waals surface area contributed by atoms with Crippen LogP contribution in [0.15, 0.2) is 41.3 Å². The standard InChI is InChI=1S/C13H9FN4O2/c14-11-5-7(3-4-15-11)12(19)16-8-1-2-9-10(6-8)18-13(20)17-9/h1-6H,(H,16,19)(H2,17,18,20). The summed E-state index contributed by atoms with van der Waals surface area (Å²) in [5.74, 6) is -1.17. The van der Waals surface area contributed by atoms with Crippen LogP contribution < -0.4 is 11.0 Å². The second-order valence-electron chi connectivity index (χ2n) is 4.16. The predicted octanol–water partition coefficient (Wildman–Crippen LogP) is 1.64. The summed E-state index contributed by atoms with van der Waals surface area (Å²) in [6.07, 6.45) is 1.22. The van der Waals surface area contributed by atoms with Crippen LogP contribution in [0.5, 0.6) is 0 Å². The van der Waals surface area contributed by atoms with Gasteiger partial charge in [0.25, 0.3) is 5.91 Å². The quantitative estimate of drug-likeness (QED) is 0.619. The van der Waals surface area contributed by atoms with E-state index < -0.39 is 11.9 Å². The number of anilines is 1. The first-order valence-corrected chi connectivity index (χ1v) is 5.77. The smallest absolute Gasteiger partial charge is 0.322 e. The van der Waals surface area contributed by atoms with Crippen LogP contribution in [-0.2, 0) is 0 Å². The molecular formula is C13H9FN4O2. The molecule has 3 N–H and O–H groups in total. The van der Waals surface area contributed by atoms with Crippen molar-refractivity contribution in [1.29, 1.82) is 0 Å². The zero-order valence-corrected chi connectivity index (χ0v) is 10.1. The molecule has 2 aromatic heterocycles. The molecule has 0 saturated heterocycles.